The summed E-state index contributed by atoms with van der Waals surface area (Å²) in [5, 5.41) is 5.64. The van der Waals surface area contributed by atoms with Gasteiger partial charge < -0.3 is 4.90 Å². The third kappa shape index (κ3) is 2.39. The standard InChI is InChI=1S/C20H15N3O3/c1-23-15-10-6-5-9-13(15)18(24)16(20(23)26)17-14(19(25)22-21-17)11-12-7-3-2-4-8-12/h2-11,21H,1H3,(H,22,25)/b14-11-,17-16+. The number of aromatic nitrogens is 2. The number of H-pyrrole nitrogens is 2. The summed E-state index contributed by atoms with van der Waals surface area (Å²) in [6.07, 6.45) is 1.65. The number of Topliss-reactive ketones (excluding diaryl/α,β-unsaturated/α-hetero) is 1. The summed E-state index contributed by atoms with van der Waals surface area (Å²) in [5.74, 6) is -0.853. The Morgan fingerprint density at radius 3 is 2.35 bits per heavy atom. The van der Waals surface area contributed by atoms with Crippen LogP contribution in [0, 0.1) is 0 Å². The van der Waals surface area contributed by atoms with Crippen molar-refractivity contribution in [3.8, 4) is 0 Å². The average Bonchev–Trinajstić information content (AvgIpc) is 3.01. The minimum atomic E-state index is -0.452. The first-order chi connectivity index (χ1) is 12.6. The molecule has 6 heteroatoms. The van der Waals surface area contributed by atoms with E-state index in [0.29, 0.717) is 11.3 Å². The van der Waals surface area contributed by atoms with Crippen molar-refractivity contribution in [3.05, 3.63) is 86.6 Å². The Hall–Kier alpha value is -3.67. The van der Waals surface area contributed by atoms with Crippen LogP contribution in [0.15, 0.2) is 59.4 Å². The van der Waals surface area contributed by atoms with E-state index < -0.39 is 17.2 Å². The normalized spacial score (nSPS) is 16.8. The van der Waals surface area contributed by atoms with Crippen molar-refractivity contribution in [1.29, 1.82) is 0 Å². The number of carbonyl (C=O) groups is 2. The predicted molar refractivity (Wildman–Crippen MR) is 98.3 cm³/mol. The Morgan fingerprint density at radius 2 is 1.58 bits per heavy atom. The molecule has 1 aromatic heterocycles. The number of anilines is 1. The molecule has 0 saturated heterocycles. The van der Waals surface area contributed by atoms with E-state index in [2.05, 4.69) is 10.2 Å². The van der Waals surface area contributed by atoms with Gasteiger partial charge in [0.2, 0.25) is 5.78 Å². The van der Waals surface area contributed by atoms with Crippen molar-refractivity contribution < 1.29 is 9.59 Å². The van der Waals surface area contributed by atoms with Crippen molar-refractivity contribution in [1.82, 2.24) is 10.2 Å². The lowest BCUT2D eigenvalue weighted by molar-refractivity contribution is -0.113. The molecule has 26 heavy (non-hydrogen) atoms. The molecular weight excluding hydrogens is 330 g/mol. The number of ketones is 1. The van der Waals surface area contributed by atoms with Crippen molar-refractivity contribution in [2.24, 2.45) is 0 Å². The molecule has 1 aliphatic heterocycles. The van der Waals surface area contributed by atoms with Gasteiger partial charge >= 0.3 is 0 Å². The van der Waals surface area contributed by atoms with E-state index in [4.69, 9.17) is 0 Å². The number of fused-ring (bicyclic) bond motifs is 1. The molecule has 0 unspecified atom stereocenters. The first-order valence-corrected chi connectivity index (χ1v) is 8.07. The molecule has 0 fully saturated rings. The van der Waals surface area contributed by atoms with Crippen LogP contribution >= 0.6 is 0 Å². The number of hydrogen-bond acceptors (Lipinski definition) is 3. The molecule has 128 valence electrons. The van der Waals surface area contributed by atoms with Crippen LogP contribution in [0.25, 0.3) is 11.6 Å². The SMILES string of the molecule is CN1C(=O)/C(=c2/[nH][nH]c(=O)/c2=C\c2ccccc2)C(=O)c2ccccc21. The highest BCUT2D eigenvalue weighted by Gasteiger charge is 2.33. The fourth-order valence-corrected chi connectivity index (χ4v) is 3.11. The van der Waals surface area contributed by atoms with E-state index in [0.717, 1.165) is 5.56 Å². The summed E-state index contributed by atoms with van der Waals surface area (Å²) in [5.41, 5.74) is 1.34. The summed E-state index contributed by atoms with van der Waals surface area (Å²) in [6, 6.07) is 16.2. The molecule has 0 radical (unpaired) electrons. The number of rotatable bonds is 1. The molecule has 0 bridgehead atoms. The topological polar surface area (TPSA) is 86.0 Å². The number of hydrogen-bond donors (Lipinski definition) is 2. The van der Waals surface area contributed by atoms with Gasteiger partial charge in [-0.05, 0) is 23.8 Å². The van der Waals surface area contributed by atoms with Crippen LogP contribution in [0.3, 0.4) is 0 Å². The highest BCUT2D eigenvalue weighted by Crippen LogP contribution is 2.28. The van der Waals surface area contributed by atoms with E-state index in [-0.39, 0.29) is 16.1 Å². The lowest BCUT2D eigenvalue weighted by atomic mass is 9.95. The summed E-state index contributed by atoms with van der Waals surface area (Å²) in [6.45, 7) is 0. The van der Waals surface area contributed by atoms with Gasteiger partial charge in [-0.25, -0.2) is 0 Å². The molecule has 3 aromatic rings. The van der Waals surface area contributed by atoms with Crippen LogP contribution in [0.4, 0.5) is 5.69 Å². The largest absolute Gasteiger partial charge is 0.310 e. The molecule has 0 saturated carbocycles. The van der Waals surface area contributed by atoms with Gasteiger partial charge in [0.15, 0.2) is 0 Å². The molecule has 0 atom stereocenters. The third-order valence-corrected chi connectivity index (χ3v) is 4.43. The average molecular weight is 345 g/mol. The maximum atomic E-state index is 13.0. The maximum absolute atomic E-state index is 13.0. The van der Waals surface area contributed by atoms with Crippen molar-refractivity contribution in [2.45, 2.75) is 0 Å². The molecule has 1 aliphatic rings. The second kappa shape index (κ2) is 6.00. The van der Waals surface area contributed by atoms with E-state index in [1.54, 1.807) is 37.4 Å². The Kier molecular flexibility index (Phi) is 3.65. The quantitative estimate of drug-likeness (QED) is 0.675. The fourth-order valence-electron chi connectivity index (χ4n) is 3.11. The van der Waals surface area contributed by atoms with Gasteiger partial charge in [-0.2, -0.15) is 0 Å². The summed E-state index contributed by atoms with van der Waals surface area (Å²) in [7, 11) is 1.61. The second-order valence-electron chi connectivity index (χ2n) is 6.01. The Balaban J connectivity index is 2.06. The molecule has 6 nitrogen and oxygen atoms in total. The minimum Gasteiger partial charge on any atom is -0.310 e. The summed E-state index contributed by atoms with van der Waals surface area (Å²) >= 11 is 0. The van der Waals surface area contributed by atoms with Gasteiger partial charge in [-0.1, -0.05) is 42.5 Å². The van der Waals surface area contributed by atoms with Crippen LogP contribution in [0.2, 0.25) is 0 Å². The number of amides is 1. The molecule has 1 amide bonds. The van der Waals surface area contributed by atoms with Gasteiger partial charge in [0.05, 0.1) is 16.3 Å². The molecule has 4 rings (SSSR count). The Morgan fingerprint density at radius 1 is 0.885 bits per heavy atom. The number of nitrogens with one attached hydrogen (secondary N) is 2. The molecule has 2 aromatic carbocycles. The van der Waals surface area contributed by atoms with Gasteiger partial charge in [0, 0.05) is 12.6 Å². The third-order valence-electron chi connectivity index (χ3n) is 4.43. The number of benzene rings is 2. The zero-order valence-corrected chi connectivity index (χ0v) is 13.9. The van der Waals surface area contributed by atoms with E-state index in [9.17, 15) is 14.4 Å². The van der Waals surface area contributed by atoms with Crippen molar-refractivity contribution in [3.63, 3.8) is 0 Å². The number of aromatic amines is 2. The van der Waals surface area contributed by atoms with Gasteiger partial charge in [-0.15, -0.1) is 0 Å². The predicted octanol–water partition coefficient (Wildman–Crippen LogP) is 0.542. The monoisotopic (exact) mass is 345 g/mol. The zero-order valence-electron chi connectivity index (χ0n) is 13.9. The molecule has 2 heterocycles. The Labute approximate surface area is 148 Å². The zero-order chi connectivity index (χ0) is 18.3. The van der Waals surface area contributed by atoms with Crippen molar-refractivity contribution in [2.75, 3.05) is 11.9 Å². The van der Waals surface area contributed by atoms with Crippen LogP contribution in [-0.4, -0.2) is 28.9 Å². The number of carbonyl (C=O) groups excluding carboxylic acids is 2. The first kappa shape index (κ1) is 15.8. The fraction of sp³-hybridized carbons (Fsp3) is 0.0500. The molecule has 0 spiro atoms. The van der Waals surface area contributed by atoms with Crippen LogP contribution in [-0.2, 0) is 4.79 Å². The van der Waals surface area contributed by atoms with Gasteiger partial charge in [0.1, 0.15) is 5.57 Å². The summed E-state index contributed by atoms with van der Waals surface area (Å²) < 4.78 is 0. The van der Waals surface area contributed by atoms with Crippen molar-refractivity contribution >= 4 is 29.0 Å². The van der Waals surface area contributed by atoms with Crippen LogP contribution in [0.1, 0.15) is 15.9 Å². The minimum absolute atomic E-state index is 0.0493. The highest BCUT2D eigenvalue weighted by atomic mass is 16.2. The second-order valence-corrected chi connectivity index (χ2v) is 6.01. The number of nitrogens with zero attached hydrogens (tertiary/aromatic N) is 1. The van der Waals surface area contributed by atoms with Crippen LogP contribution < -0.4 is 21.0 Å². The van der Waals surface area contributed by atoms with E-state index >= 15 is 0 Å². The van der Waals surface area contributed by atoms with Gasteiger partial charge in [0.25, 0.3) is 11.5 Å². The number of para-hydroxylation sites is 1. The lowest BCUT2D eigenvalue weighted by Crippen LogP contribution is -2.44. The van der Waals surface area contributed by atoms with Crippen LogP contribution in [0.5, 0.6) is 0 Å². The highest BCUT2D eigenvalue weighted by molar-refractivity contribution is 6.51. The summed E-state index contributed by atoms with van der Waals surface area (Å²) in [4.78, 5) is 39.5. The first-order valence-electron chi connectivity index (χ1n) is 8.07. The van der Waals surface area contributed by atoms with Gasteiger partial charge in [-0.3, -0.25) is 24.6 Å². The van der Waals surface area contributed by atoms with E-state index in [1.807, 2.05) is 30.3 Å². The molecule has 0 aliphatic carbocycles. The Bertz CT molecular complexity index is 1200. The maximum Gasteiger partial charge on any atom is 0.271 e. The smallest absolute Gasteiger partial charge is 0.271 e. The lowest BCUT2D eigenvalue weighted by Gasteiger charge is -2.25. The molecule has 2 N–H and O–H groups in total. The molecular formula is C20H15N3O3. The van der Waals surface area contributed by atoms with E-state index in [1.165, 1.54) is 4.90 Å².